The zero-order valence-electron chi connectivity index (χ0n) is 6.64. The lowest BCUT2D eigenvalue weighted by atomic mass is 10.2. The molecule has 14 heavy (non-hydrogen) atoms. The zero-order valence-corrected chi connectivity index (χ0v) is 6.64. The summed E-state index contributed by atoms with van der Waals surface area (Å²) in [5.74, 6) is -3.83. The minimum Gasteiger partial charge on any atom is -0.313 e. The molecule has 3 nitrogen and oxygen atoms in total. The monoisotopic (exact) mass is 200 g/mol. The summed E-state index contributed by atoms with van der Waals surface area (Å²) in [5, 5.41) is -0.577. The molecule has 0 radical (unpaired) electrons. The van der Waals surface area contributed by atoms with Crippen molar-refractivity contribution in [3.05, 3.63) is 40.2 Å². The number of rotatable bonds is 0. The predicted molar refractivity (Wildman–Crippen MR) is 42.2 cm³/mol. The van der Waals surface area contributed by atoms with Crippen LogP contribution < -0.4 is 5.56 Å². The van der Waals surface area contributed by atoms with E-state index in [-0.39, 0.29) is 0 Å². The van der Waals surface area contributed by atoms with Gasteiger partial charge in [0.1, 0.15) is 16.7 Å². The highest BCUT2D eigenvalue weighted by molar-refractivity contribution is 5.78. The molecule has 0 spiro atoms. The van der Waals surface area contributed by atoms with Gasteiger partial charge in [0.15, 0.2) is 11.6 Å². The van der Waals surface area contributed by atoms with E-state index in [2.05, 4.69) is 9.97 Å². The fourth-order valence-corrected chi connectivity index (χ4v) is 1.15. The molecule has 0 aliphatic carbocycles. The first-order valence-corrected chi connectivity index (χ1v) is 3.62. The van der Waals surface area contributed by atoms with Gasteiger partial charge in [-0.15, -0.1) is 0 Å². The van der Waals surface area contributed by atoms with Crippen molar-refractivity contribution in [2.75, 3.05) is 0 Å². The molecule has 0 amide bonds. The van der Waals surface area contributed by atoms with E-state index < -0.39 is 33.9 Å². The van der Waals surface area contributed by atoms with Crippen LogP contribution in [0, 0.1) is 17.5 Å². The van der Waals surface area contributed by atoms with Gasteiger partial charge in [0.05, 0.1) is 6.33 Å². The maximum Gasteiger partial charge on any atom is 0.261 e. The SMILES string of the molecule is O=c1[nH]cnc2c(F)c(F)cc(F)c12. The molecule has 0 saturated carbocycles. The number of fused-ring (bicyclic) bond motifs is 1. The molecule has 1 aromatic heterocycles. The third kappa shape index (κ3) is 1.07. The van der Waals surface area contributed by atoms with Crippen LogP contribution >= 0.6 is 0 Å². The zero-order chi connectivity index (χ0) is 10.3. The first-order valence-electron chi connectivity index (χ1n) is 3.62. The van der Waals surface area contributed by atoms with E-state index in [4.69, 9.17) is 0 Å². The second kappa shape index (κ2) is 2.83. The van der Waals surface area contributed by atoms with Gasteiger partial charge in [-0.3, -0.25) is 4.79 Å². The molecule has 0 unspecified atom stereocenters. The highest BCUT2D eigenvalue weighted by atomic mass is 19.2. The standard InChI is InChI=1S/C8H3F3N2O/c9-3-1-4(10)6(11)7-5(3)8(14)13-2-12-7/h1-2H,(H,12,13,14). The molecule has 1 N–H and O–H groups in total. The molecule has 72 valence electrons. The van der Waals surface area contributed by atoms with Gasteiger partial charge in [0.2, 0.25) is 0 Å². The highest BCUT2D eigenvalue weighted by Gasteiger charge is 2.15. The summed E-state index contributed by atoms with van der Waals surface area (Å²) in [4.78, 5) is 16.5. The number of nitrogens with zero attached hydrogens (tertiary/aromatic N) is 1. The van der Waals surface area contributed by atoms with Gasteiger partial charge >= 0.3 is 0 Å². The Morgan fingerprint density at radius 3 is 2.64 bits per heavy atom. The Hall–Kier alpha value is -1.85. The summed E-state index contributed by atoms with van der Waals surface area (Å²) in [5.41, 5.74) is -1.45. The van der Waals surface area contributed by atoms with Crippen LogP contribution in [-0.4, -0.2) is 9.97 Å². The lowest BCUT2D eigenvalue weighted by molar-refractivity contribution is 0.503. The maximum atomic E-state index is 13.0. The van der Waals surface area contributed by atoms with Gasteiger partial charge in [0, 0.05) is 6.07 Å². The fraction of sp³-hybridized carbons (Fsp3) is 0. The smallest absolute Gasteiger partial charge is 0.261 e. The summed E-state index contributed by atoms with van der Waals surface area (Å²) in [6.07, 6.45) is 0.882. The van der Waals surface area contributed by atoms with E-state index in [9.17, 15) is 18.0 Å². The van der Waals surface area contributed by atoms with Crippen molar-refractivity contribution < 1.29 is 13.2 Å². The summed E-state index contributed by atoms with van der Waals surface area (Å²) < 4.78 is 38.7. The summed E-state index contributed by atoms with van der Waals surface area (Å²) >= 11 is 0. The summed E-state index contributed by atoms with van der Waals surface area (Å²) in [6.45, 7) is 0. The van der Waals surface area contributed by atoms with Crippen LogP contribution in [0.15, 0.2) is 17.2 Å². The number of aromatic amines is 1. The van der Waals surface area contributed by atoms with Crippen molar-refractivity contribution in [1.29, 1.82) is 0 Å². The molecule has 2 rings (SSSR count). The Balaban J connectivity index is 3.10. The van der Waals surface area contributed by atoms with Gasteiger partial charge in [0.25, 0.3) is 5.56 Å². The summed E-state index contributed by atoms with van der Waals surface area (Å²) in [6, 6.07) is 0.314. The molecule has 0 fully saturated rings. The lowest BCUT2D eigenvalue weighted by Gasteiger charge is -1.99. The normalized spacial score (nSPS) is 10.8. The third-order valence-electron chi connectivity index (χ3n) is 1.76. The number of halogens is 3. The van der Waals surface area contributed by atoms with Gasteiger partial charge < -0.3 is 4.98 Å². The van der Waals surface area contributed by atoms with Crippen LogP contribution in [0.4, 0.5) is 13.2 Å². The number of H-pyrrole nitrogens is 1. The van der Waals surface area contributed by atoms with Crippen molar-refractivity contribution in [3.63, 3.8) is 0 Å². The topological polar surface area (TPSA) is 45.8 Å². The number of benzene rings is 1. The molecular weight excluding hydrogens is 197 g/mol. The summed E-state index contributed by atoms with van der Waals surface area (Å²) in [7, 11) is 0. The molecular formula is C8H3F3N2O. The lowest BCUT2D eigenvalue weighted by Crippen LogP contribution is -2.10. The fourth-order valence-electron chi connectivity index (χ4n) is 1.15. The minimum absolute atomic E-state index is 0.314. The van der Waals surface area contributed by atoms with Crippen molar-refractivity contribution in [2.24, 2.45) is 0 Å². The van der Waals surface area contributed by atoms with Crippen LogP contribution in [0.3, 0.4) is 0 Å². The molecule has 2 aromatic rings. The second-order valence-electron chi connectivity index (χ2n) is 2.61. The quantitative estimate of drug-likeness (QED) is 0.652. The van der Waals surface area contributed by atoms with Gasteiger partial charge in [-0.25, -0.2) is 18.2 Å². The Bertz CT molecular complexity index is 564. The Kier molecular flexibility index (Phi) is 1.77. The molecule has 0 bridgehead atoms. The number of hydrogen-bond acceptors (Lipinski definition) is 2. The average molecular weight is 200 g/mol. The highest BCUT2D eigenvalue weighted by Crippen LogP contribution is 2.17. The Morgan fingerprint density at radius 1 is 1.21 bits per heavy atom. The molecule has 6 heteroatoms. The van der Waals surface area contributed by atoms with E-state index >= 15 is 0 Å². The number of aromatic nitrogens is 2. The third-order valence-corrected chi connectivity index (χ3v) is 1.76. The molecule has 1 aromatic carbocycles. The molecule has 0 saturated heterocycles. The van der Waals surface area contributed by atoms with Crippen molar-refractivity contribution in [1.82, 2.24) is 9.97 Å². The number of nitrogens with one attached hydrogen (secondary N) is 1. The molecule has 0 atom stereocenters. The van der Waals surface area contributed by atoms with Crippen molar-refractivity contribution in [3.8, 4) is 0 Å². The van der Waals surface area contributed by atoms with Crippen LogP contribution in [-0.2, 0) is 0 Å². The van der Waals surface area contributed by atoms with Crippen molar-refractivity contribution in [2.45, 2.75) is 0 Å². The Labute approximate surface area is 75.2 Å². The van der Waals surface area contributed by atoms with Crippen LogP contribution in [0.25, 0.3) is 10.9 Å². The van der Waals surface area contributed by atoms with E-state index in [0.717, 1.165) is 6.33 Å². The van der Waals surface area contributed by atoms with Crippen molar-refractivity contribution >= 4 is 10.9 Å². The molecule has 0 aliphatic heterocycles. The van der Waals surface area contributed by atoms with Crippen LogP contribution in [0.2, 0.25) is 0 Å². The average Bonchev–Trinajstić information content (AvgIpc) is 2.14. The first-order chi connectivity index (χ1) is 6.61. The van der Waals surface area contributed by atoms with Crippen LogP contribution in [0.1, 0.15) is 0 Å². The molecule has 0 aliphatic rings. The second-order valence-corrected chi connectivity index (χ2v) is 2.61. The van der Waals surface area contributed by atoms with Gasteiger partial charge in [-0.2, -0.15) is 0 Å². The predicted octanol–water partition coefficient (Wildman–Crippen LogP) is 1.34. The number of hydrogen-bond donors (Lipinski definition) is 1. The van der Waals surface area contributed by atoms with E-state index in [1.54, 1.807) is 0 Å². The van der Waals surface area contributed by atoms with E-state index in [1.165, 1.54) is 0 Å². The minimum atomic E-state index is -1.37. The van der Waals surface area contributed by atoms with Gasteiger partial charge in [-0.05, 0) is 0 Å². The Morgan fingerprint density at radius 2 is 1.93 bits per heavy atom. The largest absolute Gasteiger partial charge is 0.313 e. The van der Waals surface area contributed by atoms with Gasteiger partial charge in [-0.1, -0.05) is 0 Å². The molecule has 1 heterocycles. The maximum absolute atomic E-state index is 13.0. The van der Waals surface area contributed by atoms with E-state index in [1.807, 2.05) is 0 Å². The first kappa shape index (κ1) is 8.74. The van der Waals surface area contributed by atoms with E-state index in [0.29, 0.717) is 6.07 Å². The van der Waals surface area contributed by atoms with Crippen LogP contribution in [0.5, 0.6) is 0 Å².